The molecule has 2 heterocycles. The van der Waals surface area contributed by atoms with Crippen LogP contribution in [-0.2, 0) is 20.2 Å². The average molecular weight is 756 g/mol. The van der Waals surface area contributed by atoms with Gasteiger partial charge in [-0.05, 0) is 86.6 Å². The minimum absolute atomic E-state index is 0.0445. The molecule has 6 rings (SSSR count). The average Bonchev–Trinajstić information content (AvgIpc) is 3.58. The van der Waals surface area contributed by atoms with Crippen LogP contribution < -0.4 is 16.8 Å². The van der Waals surface area contributed by atoms with Gasteiger partial charge < -0.3 is 16.8 Å². The maximum absolute atomic E-state index is 13.0. The molecule has 18 nitrogen and oxygen atoms in total. The molecule has 0 aliphatic rings. The highest BCUT2D eigenvalue weighted by atomic mass is 32.2. The Morgan fingerprint density at radius 3 is 1.87 bits per heavy atom. The molecule has 2 aromatic heterocycles. The number of benzene rings is 4. The van der Waals surface area contributed by atoms with Gasteiger partial charge in [0.05, 0.1) is 33.3 Å². The normalized spacial score (nSPS) is 12.2. The van der Waals surface area contributed by atoms with Crippen molar-refractivity contribution in [2.75, 3.05) is 16.8 Å². The van der Waals surface area contributed by atoms with E-state index in [0.29, 0.717) is 22.8 Å². The molecule has 0 aliphatic carbocycles. The molecule has 0 radical (unpaired) electrons. The highest BCUT2D eigenvalue weighted by Gasteiger charge is 2.20. The van der Waals surface area contributed by atoms with E-state index in [-0.39, 0.29) is 50.5 Å². The second kappa shape index (κ2) is 14.2. The van der Waals surface area contributed by atoms with Crippen LogP contribution in [0.25, 0.3) is 11.4 Å². The third kappa shape index (κ3) is 7.84. The summed E-state index contributed by atoms with van der Waals surface area (Å²) in [6.45, 7) is 3.29. The number of rotatable bonds is 10. The summed E-state index contributed by atoms with van der Waals surface area (Å²) in [5.41, 5.74) is 15.0. The number of aromatic nitrogens is 4. The third-order valence-electron chi connectivity index (χ3n) is 7.64. The molecule has 0 bridgehead atoms. The van der Waals surface area contributed by atoms with E-state index >= 15 is 0 Å². The van der Waals surface area contributed by atoms with Gasteiger partial charge in [-0.3, -0.25) is 13.9 Å². The van der Waals surface area contributed by atoms with E-state index in [1.165, 1.54) is 64.0 Å². The van der Waals surface area contributed by atoms with E-state index in [1.54, 1.807) is 32.0 Å². The Balaban J connectivity index is 1.17. The van der Waals surface area contributed by atoms with Gasteiger partial charge in [-0.2, -0.15) is 32.1 Å². The van der Waals surface area contributed by atoms with Crippen LogP contribution in [0, 0.1) is 13.8 Å². The lowest BCUT2D eigenvalue weighted by Gasteiger charge is -2.08. The number of carbonyl (C=O) groups excluding carboxylic acids is 1. The van der Waals surface area contributed by atoms with Gasteiger partial charge in [0.15, 0.2) is 23.0 Å². The van der Waals surface area contributed by atoms with Crippen molar-refractivity contribution in [2.45, 2.75) is 23.6 Å². The van der Waals surface area contributed by atoms with Crippen molar-refractivity contribution in [3.05, 3.63) is 114 Å². The second-order valence-corrected chi connectivity index (χ2v) is 14.1. The van der Waals surface area contributed by atoms with Crippen molar-refractivity contribution < 1.29 is 30.7 Å². The number of carbonyl (C=O) groups is 1. The van der Waals surface area contributed by atoms with Crippen molar-refractivity contribution >= 4 is 66.2 Å². The summed E-state index contributed by atoms with van der Waals surface area (Å²) >= 11 is 0. The number of hydrogen-bond acceptors (Lipinski definition) is 13. The molecule has 0 spiro atoms. The van der Waals surface area contributed by atoms with Crippen LogP contribution in [0.1, 0.15) is 21.7 Å². The molecule has 20 heteroatoms. The summed E-state index contributed by atoms with van der Waals surface area (Å²) in [6, 6.07) is 24.1. The molecule has 270 valence electrons. The van der Waals surface area contributed by atoms with Crippen LogP contribution >= 0.6 is 0 Å². The predicted molar refractivity (Wildman–Crippen MR) is 194 cm³/mol. The fraction of sp³-hybridized carbons (Fsp3) is 0.0606. The molecule has 1 amide bonds. The van der Waals surface area contributed by atoms with Crippen molar-refractivity contribution in [3.63, 3.8) is 0 Å². The molecule has 0 aliphatic heterocycles. The minimum Gasteiger partial charge on any atom is -0.382 e. The molecule has 0 fully saturated rings. The molecule has 0 saturated carbocycles. The van der Waals surface area contributed by atoms with Crippen molar-refractivity contribution in [2.24, 2.45) is 20.5 Å². The fourth-order valence-corrected chi connectivity index (χ4v) is 6.20. The number of nitrogens with one attached hydrogen (secondary N) is 1. The zero-order valence-corrected chi connectivity index (χ0v) is 29.4. The number of nitrogens with two attached hydrogens (primary N) is 2. The summed E-state index contributed by atoms with van der Waals surface area (Å²) in [5, 5.41) is 27.7. The molecular formula is C33H29N11O7S2. The van der Waals surface area contributed by atoms with Crippen LogP contribution in [0.5, 0.6) is 0 Å². The Labute approximate surface area is 302 Å². The van der Waals surface area contributed by atoms with Gasteiger partial charge >= 0.3 is 0 Å². The quantitative estimate of drug-likeness (QED) is 0.0752. The number of nitrogens with zero attached hydrogens (tertiary/aromatic N) is 8. The second-order valence-electron chi connectivity index (χ2n) is 11.3. The summed E-state index contributed by atoms with van der Waals surface area (Å²) in [4.78, 5) is 12.1. The number of anilines is 3. The topological polar surface area (TPSA) is 275 Å². The van der Waals surface area contributed by atoms with Crippen molar-refractivity contribution in [1.82, 2.24) is 19.6 Å². The van der Waals surface area contributed by atoms with Crippen molar-refractivity contribution in [3.8, 4) is 11.4 Å². The Bertz CT molecular complexity index is 2660. The highest BCUT2D eigenvalue weighted by molar-refractivity contribution is 7.86. The first-order valence-electron chi connectivity index (χ1n) is 15.3. The summed E-state index contributed by atoms with van der Waals surface area (Å²) < 4.78 is 69.8. The monoisotopic (exact) mass is 755 g/mol. The van der Waals surface area contributed by atoms with Crippen LogP contribution in [0.4, 0.5) is 40.1 Å². The van der Waals surface area contributed by atoms with Gasteiger partial charge in [0.1, 0.15) is 10.6 Å². The fourth-order valence-electron chi connectivity index (χ4n) is 5.03. The van der Waals surface area contributed by atoms with Crippen molar-refractivity contribution in [1.29, 1.82) is 0 Å². The molecule has 0 atom stereocenters. The largest absolute Gasteiger partial charge is 0.382 e. The SMILES string of the molecule is Cc1nn(-c2cccc(S(=O)(=O)O)c2)c(N)c1N=Nc1ccc(C(=O)Nc2ccc(N=Nc3c(C)nn(-c4ccccc4)c3N)c(S(=O)(=O)O)c2)cc1. The maximum atomic E-state index is 13.0. The van der Waals surface area contributed by atoms with E-state index in [1.807, 2.05) is 18.2 Å². The molecule has 0 unspecified atom stereocenters. The van der Waals surface area contributed by atoms with E-state index in [9.17, 15) is 30.7 Å². The van der Waals surface area contributed by atoms with Crippen LogP contribution in [0.3, 0.4) is 0 Å². The molecular weight excluding hydrogens is 727 g/mol. The van der Waals surface area contributed by atoms with Gasteiger partial charge in [-0.15, -0.1) is 15.3 Å². The molecule has 6 aromatic rings. The van der Waals surface area contributed by atoms with Gasteiger partial charge in [0.25, 0.3) is 26.1 Å². The van der Waals surface area contributed by atoms with Crippen LogP contribution in [0.15, 0.2) is 127 Å². The molecule has 4 aromatic carbocycles. The predicted octanol–water partition coefficient (Wildman–Crippen LogP) is 6.42. The summed E-state index contributed by atoms with van der Waals surface area (Å²) in [5.74, 6) is -0.376. The summed E-state index contributed by atoms with van der Waals surface area (Å²) in [6.07, 6.45) is 0. The number of para-hydroxylation sites is 1. The number of amides is 1. The Morgan fingerprint density at radius 1 is 0.679 bits per heavy atom. The van der Waals surface area contributed by atoms with E-state index in [2.05, 4.69) is 36.0 Å². The molecule has 53 heavy (non-hydrogen) atoms. The van der Waals surface area contributed by atoms with E-state index < -0.39 is 31.0 Å². The van der Waals surface area contributed by atoms with Gasteiger partial charge in [0.2, 0.25) is 0 Å². The molecule has 0 saturated heterocycles. The lowest BCUT2D eigenvalue weighted by Crippen LogP contribution is -2.12. The number of azo groups is 2. The van der Waals surface area contributed by atoms with Crippen LogP contribution in [-0.4, -0.2) is 51.4 Å². The standard InChI is InChI=1S/C33H29N11O7S2/c1-19-29(32(35)44(42-19)25-9-6-10-26(18-25)52(46,47)48)39-37-22-13-11-21(12-14-22)33(45)36-23-15-16-27(28(17-23)53(49,50)51)38-40-30-20(2)41-43(31(30)34)24-7-4-3-5-8-24/h3-18H,34-35H2,1-2H3,(H,36,45)(H,46,47,48)(H,49,50,51). The first-order chi connectivity index (χ1) is 25.1. The number of aryl methyl sites for hydroxylation is 2. The van der Waals surface area contributed by atoms with E-state index in [0.717, 1.165) is 6.07 Å². The first-order valence-corrected chi connectivity index (χ1v) is 18.2. The van der Waals surface area contributed by atoms with E-state index in [4.69, 9.17) is 11.5 Å². The smallest absolute Gasteiger partial charge is 0.296 e. The maximum Gasteiger partial charge on any atom is 0.296 e. The Morgan fingerprint density at radius 2 is 1.26 bits per heavy atom. The zero-order valence-electron chi connectivity index (χ0n) is 27.7. The third-order valence-corrected chi connectivity index (χ3v) is 9.37. The Kier molecular flexibility index (Phi) is 9.69. The minimum atomic E-state index is -4.81. The highest BCUT2D eigenvalue weighted by Crippen LogP contribution is 2.34. The van der Waals surface area contributed by atoms with Gasteiger partial charge in [-0.25, -0.2) is 9.36 Å². The van der Waals surface area contributed by atoms with Gasteiger partial charge in [0, 0.05) is 11.3 Å². The lowest BCUT2D eigenvalue weighted by atomic mass is 10.2. The Hall–Kier alpha value is -6.61. The van der Waals surface area contributed by atoms with Gasteiger partial charge in [-0.1, -0.05) is 24.3 Å². The first kappa shape index (κ1) is 36.2. The number of hydrogen-bond donors (Lipinski definition) is 5. The summed E-state index contributed by atoms with van der Waals surface area (Å²) in [7, 11) is -9.26. The van der Waals surface area contributed by atoms with Crippen LogP contribution in [0.2, 0.25) is 0 Å². The number of nitrogen functional groups attached to an aromatic ring is 2. The zero-order chi connectivity index (χ0) is 38.1. The molecule has 7 N–H and O–H groups in total. The lowest BCUT2D eigenvalue weighted by molar-refractivity contribution is 0.102.